The third-order valence-corrected chi connectivity index (χ3v) is 5.52. The van der Waals surface area contributed by atoms with Gasteiger partial charge in [0.25, 0.3) is 0 Å². The molecule has 1 aromatic rings. The molecule has 2 fully saturated rings. The van der Waals surface area contributed by atoms with Gasteiger partial charge in [-0.1, -0.05) is 18.2 Å². The molecule has 5 unspecified atom stereocenters. The van der Waals surface area contributed by atoms with E-state index >= 15 is 0 Å². The van der Waals surface area contributed by atoms with Crippen LogP contribution in [0.1, 0.15) is 24.2 Å². The van der Waals surface area contributed by atoms with Crippen molar-refractivity contribution in [1.82, 2.24) is 0 Å². The summed E-state index contributed by atoms with van der Waals surface area (Å²) in [5, 5.41) is 10.2. The first-order valence-corrected chi connectivity index (χ1v) is 9.37. The van der Waals surface area contributed by atoms with Gasteiger partial charge in [0, 0.05) is 7.11 Å². The van der Waals surface area contributed by atoms with Crippen molar-refractivity contribution in [2.75, 3.05) is 20.5 Å². The van der Waals surface area contributed by atoms with Gasteiger partial charge in [0.05, 0.1) is 10.8 Å². The van der Waals surface area contributed by atoms with Crippen LogP contribution in [-0.4, -0.2) is 66.4 Å². The smallest absolute Gasteiger partial charge is 0.338 e. The van der Waals surface area contributed by atoms with Gasteiger partial charge in [0.2, 0.25) is 0 Å². The minimum absolute atomic E-state index is 0.0446. The summed E-state index contributed by atoms with van der Waals surface area (Å²) in [4.78, 5) is 12.2. The van der Waals surface area contributed by atoms with E-state index in [9.17, 15) is 9.90 Å². The molecule has 2 heterocycles. The summed E-state index contributed by atoms with van der Waals surface area (Å²) < 4.78 is 27.9. The Bertz CT molecular complexity index is 609. The Kier molecular flexibility index (Phi) is 6.21. The molecule has 26 heavy (non-hydrogen) atoms. The van der Waals surface area contributed by atoms with Crippen LogP contribution in [0.4, 0.5) is 0 Å². The van der Waals surface area contributed by atoms with E-state index in [2.05, 4.69) is 0 Å². The van der Waals surface area contributed by atoms with E-state index in [4.69, 9.17) is 23.7 Å². The number of methoxy groups -OCH3 is 1. The summed E-state index contributed by atoms with van der Waals surface area (Å²) in [5.41, 5.74) is -0.361. The third kappa shape index (κ3) is 4.39. The summed E-state index contributed by atoms with van der Waals surface area (Å²) >= 11 is 1.25. The number of hydrogen-bond donors (Lipinski definition) is 1. The van der Waals surface area contributed by atoms with Gasteiger partial charge in [-0.2, -0.15) is 0 Å². The van der Waals surface area contributed by atoms with Crippen LogP contribution in [-0.2, 0) is 23.7 Å². The quantitative estimate of drug-likeness (QED) is 0.587. The minimum Gasteiger partial charge on any atom is -0.461 e. The minimum atomic E-state index is -0.843. The monoisotopic (exact) mass is 384 g/mol. The van der Waals surface area contributed by atoms with E-state index in [0.29, 0.717) is 5.56 Å². The second kappa shape index (κ2) is 8.24. The molecule has 0 saturated carbocycles. The summed E-state index contributed by atoms with van der Waals surface area (Å²) in [6.45, 7) is 3.77. The van der Waals surface area contributed by atoms with E-state index in [0.717, 1.165) is 0 Å². The van der Waals surface area contributed by atoms with Gasteiger partial charge in [-0.3, -0.25) is 0 Å². The number of ether oxygens (including phenoxy) is 5. The van der Waals surface area contributed by atoms with Gasteiger partial charge in [0.15, 0.2) is 5.79 Å². The molecule has 2 aliphatic rings. The zero-order valence-corrected chi connectivity index (χ0v) is 15.8. The highest BCUT2D eigenvalue weighted by Gasteiger charge is 2.55. The maximum atomic E-state index is 12.2. The number of aliphatic hydroxyl groups excluding tert-OH is 1. The van der Waals surface area contributed by atoms with Crippen molar-refractivity contribution < 1.29 is 33.6 Å². The molecule has 2 saturated heterocycles. The SMILES string of the molecule is COCOC1C(O)SC(COC(=O)c2ccccc2)C2OC(C)(C)OC12. The number of aliphatic hydroxyl groups is 1. The van der Waals surface area contributed by atoms with Crippen molar-refractivity contribution in [3.05, 3.63) is 35.9 Å². The van der Waals surface area contributed by atoms with Crippen molar-refractivity contribution >= 4 is 17.7 Å². The summed E-state index contributed by atoms with van der Waals surface area (Å²) in [6, 6.07) is 8.78. The molecule has 5 atom stereocenters. The van der Waals surface area contributed by atoms with E-state index in [-0.39, 0.29) is 24.8 Å². The van der Waals surface area contributed by atoms with Crippen molar-refractivity contribution in [2.24, 2.45) is 0 Å². The molecule has 8 heteroatoms. The number of carbonyl (C=O) groups excluding carboxylic acids is 1. The average molecular weight is 384 g/mol. The van der Waals surface area contributed by atoms with Gasteiger partial charge >= 0.3 is 5.97 Å². The predicted octanol–water partition coefficient (Wildman–Crippen LogP) is 1.79. The fourth-order valence-corrected chi connectivity index (χ4v) is 4.39. The Labute approximate surface area is 156 Å². The summed E-state index contributed by atoms with van der Waals surface area (Å²) in [5.74, 6) is -1.22. The highest BCUT2D eigenvalue weighted by Crippen LogP contribution is 2.43. The summed E-state index contributed by atoms with van der Waals surface area (Å²) in [7, 11) is 1.52. The van der Waals surface area contributed by atoms with Crippen molar-refractivity contribution in [3.63, 3.8) is 0 Å². The van der Waals surface area contributed by atoms with Gasteiger partial charge < -0.3 is 28.8 Å². The van der Waals surface area contributed by atoms with Gasteiger partial charge in [-0.25, -0.2) is 4.79 Å². The zero-order valence-electron chi connectivity index (χ0n) is 15.0. The fourth-order valence-electron chi connectivity index (χ4n) is 3.13. The first-order chi connectivity index (χ1) is 12.4. The van der Waals surface area contributed by atoms with E-state index in [1.807, 2.05) is 19.9 Å². The third-order valence-electron chi connectivity index (χ3n) is 4.22. The van der Waals surface area contributed by atoms with Crippen LogP contribution >= 0.6 is 11.8 Å². The predicted molar refractivity (Wildman–Crippen MR) is 94.7 cm³/mol. The Hall–Kier alpha value is -1.16. The molecule has 0 radical (unpaired) electrons. The van der Waals surface area contributed by atoms with Gasteiger partial charge in [-0.05, 0) is 26.0 Å². The second-order valence-electron chi connectivity index (χ2n) is 6.63. The van der Waals surface area contributed by atoms with E-state index in [1.54, 1.807) is 24.3 Å². The lowest BCUT2D eigenvalue weighted by molar-refractivity contribution is -0.178. The molecule has 0 amide bonds. The topological polar surface area (TPSA) is 83.5 Å². The average Bonchev–Trinajstić information content (AvgIpc) is 2.95. The molecule has 0 aliphatic carbocycles. The maximum absolute atomic E-state index is 12.2. The van der Waals surface area contributed by atoms with Crippen LogP contribution in [0.3, 0.4) is 0 Å². The first kappa shape index (κ1) is 19.6. The highest BCUT2D eigenvalue weighted by molar-refractivity contribution is 8.00. The van der Waals surface area contributed by atoms with Crippen molar-refractivity contribution in [1.29, 1.82) is 0 Å². The largest absolute Gasteiger partial charge is 0.461 e. The molecule has 1 aromatic carbocycles. The molecule has 144 valence electrons. The molecule has 7 nitrogen and oxygen atoms in total. The maximum Gasteiger partial charge on any atom is 0.338 e. The number of carbonyl (C=O) groups is 1. The van der Waals surface area contributed by atoms with Crippen LogP contribution in [0, 0.1) is 0 Å². The molecule has 0 bridgehead atoms. The molecular weight excluding hydrogens is 360 g/mol. The Morgan fingerprint density at radius 1 is 1.23 bits per heavy atom. The lowest BCUT2D eigenvalue weighted by atomic mass is 10.0. The molecule has 0 aromatic heterocycles. The van der Waals surface area contributed by atoms with Crippen LogP contribution in [0.25, 0.3) is 0 Å². The van der Waals surface area contributed by atoms with Crippen LogP contribution in [0.15, 0.2) is 30.3 Å². The summed E-state index contributed by atoms with van der Waals surface area (Å²) in [6.07, 6.45) is -1.44. The number of fused-ring (bicyclic) bond motifs is 1. The van der Waals surface area contributed by atoms with Crippen molar-refractivity contribution in [3.8, 4) is 0 Å². The molecule has 1 N–H and O–H groups in total. The Morgan fingerprint density at radius 2 is 1.92 bits per heavy atom. The zero-order chi connectivity index (χ0) is 18.7. The number of benzene rings is 1. The second-order valence-corrected chi connectivity index (χ2v) is 7.99. The molecule has 2 aliphatic heterocycles. The Morgan fingerprint density at radius 3 is 2.62 bits per heavy atom. The molecule has 0 spiro atoms. The molecule has 3 rings (SSSR count). The lowest BCUT2D eigenvalue weighted by Gasteiger charge is -2.38. The number of thioether (sulfide) groups is 1. The molecular formula is C18H24O7S. The highest BCUT2D eigenvalue weighted by atomic mass is 32.2. The normalized spacial score (nSPS) is 32.8. The van der Waals surface area contributed by atoms with Crippen LogP contribution in [0.2, 0.25) is 0 Å². The fraction of sp³-hybridized carbons (Fsp3) is 0.611. The van der Waals surface area contributed by atoms with E-state index < -0.39 is 29.4 Å². The van der Waals surface area contributed by atoms with Crippen molar-refractivity contribution in [2.45, 2.75) is 48.6 Å². The first-order valence-electron chi connectivity index (χ1n) is 8.43. The van der Waals surface area contributed by atoms with Crippen LogP contribution < -0.4 is 0 Å². The number of rotatable bonds is 6. The standard InChI is InChI=1S/C18H24O7S/c1-18(2)24-13-12(9-22-16(19)11-7-5-4-6-8-11)26-17(20)15(14(13)25-18)23-10-21-3/h4-8,12-15,17,20H,9-10H2,1-3H3. The van der Waals surface area contributed by atoms with Crippen LogP contribution in [0.5, 0.6) is 0 Å². The number of hydrogen-bond acceptors (Lipinski definition) is 8. The number of esters is 1. The van der Waals surface area contributed by atoms with E-state index in [1.165, 1.54) is 18.9 Å². The van der Waals surface area contributed by atoms with Gasteiger partial charge in [0.1, 0.15) is 37.1 Å². The van der Waals surface area contributed by atoms with Gasteiger partial charge in [-0.15, -0.1) is 11.8 Å². The lowest BCUT2D eigenvalue weighted by Crippen LogP contribution is -2.54. The Balaban J connectivity index is 1.67.